The maximum Gasteiger partial charge on any atom is 0.368 e. The number of anilines is 2. The number of phenols is 1. The van der Waals surface area contributed by atoms with Gasteiger partial charge in [-0.05, 0) is 53.9 Å². The topological polar surface area (TPSA) is 87.7 Å². The van der Waals surface area contributed by atoms with Crippen LogP contribution in [0.15, 0.2) is 36.4 Å². The van der Waals surface area contributed by atoms with Crippen LogP contribution in [0.4, 0.5) is 24.5 Å². The van der Waals surface area contributed by atoms with E-state index in [9.17, 15) is 27.9 Å². The molecule has 0 aliphatic rings. The normalized spacial score (nSPS) is 13.9. The Bertz CT molecular complexity index is 1190. The Hall–Kier alpha value is -2.94. The van der Waals surface area contributed by atoms with Crippen molar-refractivity contribution in [3.8, 4) is 11.5 Å². The third-order valence-corrected chi connectivity index (χ3v) is 7.55. The summed E-state index contributed by atoms with van der Waals surface area (Å²) < 4.78 is 46.0. The molecule has 2 aromatic carbocycles. The monoisotopic (exact) mass is 570 g/mol. The van der Waals surface area contributed by atoms with Crippen molar-refractivity contribution in [2.45, 2.75) is 96.2 Å². The summed E-state index contributed by atoms with van der Waals surface area (Å²) in [5.74, 6) is -7.01. The highest BCUT2D eigenvalue weighted by Gasteiger charge is 2.47. The highest BCUT2D eigenvalue weighted by atomic mass is 35.5. The number of halogens is 4. The smallest absolute Gasteiger partial charge is 0.368 e. The fourth-order valence-electron chi connectivity index (χ4n) is 3.70. The summed E-state index contributed by atoms with van der Waals surface area (Å²) in [5, 5.41) is 14.5. The molecule has 0 aromatic heterocycles. The Kier molecular flexibility index (Phi) is 10.3. The van der Waals surface area contributed by atoms with E-state index in [0.717, 1.165) is 30.5 Å². The quantitative estimate of drug-likeness (QED) is 0.180. The van der Waals surface area contributed by atoms with Crippen molar-refractivity contribution in [2.75, 3.05) is 10.6 Å². The molecule has 3 N–H and O–H groups in total. The first-order valence-electron chi connectivity index (χ1n) is 12.9. The molecule has 0 aliphatic carbocycles. The van der Waals surface area contributed by atoms with Gasteiger partial charge in [0.25, 0.3) is 11.8 Å². The Morgan fingerprint density at radius 3 is 2.10 bits per heavy atom. The third kappa shape index (κ3) is 7.59. The summed E-state index contributed by atoms with van der Waals surface area (Å²) in [6.07, 6.45) is 1.29. The average Bonchev–Trinajstić information content (AvgIpc) is 2.88. The zero-order valence-corrected chi connectivity index (χ0v) is 24.2. The molecule has 39 heavy (non-hydrogen) atoms. The molecule has 0 saturated heterocycles. The van der Waals surface area contributed by atoms with Gasteiger partial charge in [-0.3, -0.25) is 9.59 Å². The number of rotatable bonds is 12. The first-order chi connectivity index (χ1) is 18.0. The number of aromatic hydroxyl groups is 1. The van der Waals surface area contributed by atoms with Crippen molar-refractivity contribution in [2.24, 2.45) is 0 Å². The van der Waals surface area contributed by atoms with E-state index in [1.165, 1.54) is 11.6 Å². The number of carbonyl (C=O) groups is 2. The lowest BCUT2D eigenvalue weighted by Crippen LogP contribution is -2.40. The van der Waals surface area contributed by atoms with Crippen LogP contribution in [-0.2, 0) is 20.4 Å². The Morgan fingerprint density at radius 2 is 1.59 bits per heavy atom. The first-order valence-corrected chi connectivity index (χ1v) is 13.4. The minimum Gasteiger partial charge on any atom is -0.506 e. The molecule has 6 nitrogen and oxygen atoms in total. The largest absolute Gasteiger partial charge is 0.506 e. The van der Waals surface area contributed by atoms with Crippen LogP contribution < -0.4 is 15.4 Å². The molecule has 0 fully saturated rings. The van der Waals surface area contributed by atoms with Crippen LogP contribution >= 0.6 is 11.6 Å². The van der Waals surface area contributed by atoms with Gasteiger partial charge in [-0.25, -0.2) is 4.39 Å². The number of hydrogen-bond acceptors (Lipinski definition) is 4. The molecule has 2 aromatic rings. The summed E-state index contributed by atoms with van der Waals surface area (Å²) in [7, 11) is 0. The van der Waals surface area contributed by atoms with E-state index in [2.05, 4.69) is 52.9 Å². The fraction of sp³-hybridized carbons (Fsp3) is 0.517. The number of amides is 2. The molecule has 0 spiro atoms. The van der Waals surface area contributed by atoms with Gasteiger partial charge in [0.2, 0.25) is 5.63 Å². The Labute approximate surface area is 233 Å². The number of nitrogens with one attached hydrogen (secondary N) is 2. The van der Waals surface area contributed by atoms with Crippen molar-refractivity contribution in [1.29, 1.82) is 0 Å². The van der Waals surface area contributed by atoms with Crippen LogP contribution in [0.3, 0.4) is 0 Å². The number of ether oxygens (including phenoxy) is 1. The van der Waals surface area contributed by atoms with E-state index in [-0.39, 0.29) is 16.5 Å². The van der Waals surface area contributed by atoms with E-state index in [4.69, 9.17) is 16.3 Å². The van der Waals surface area contributed by atoms with Crippen molar-refractivity contribution < 1.29 is 32.6 Å². The van der Waals surface area contributed by atoms with Gasteiger partial charge in [0.15, 0.2) is 6.10 Å². The molecule has 2 unspecified atom stereocenters. The van der Waals surface area contributed by atoms with Crippen molar-refractivity contribution in [3.05, 3.63) is 47.5 Å². The molecule has 0 saturated carbocycles. The van der Waals surface area contributed by atoms with E-state index < -0.39 is 40.9 Å². The lowest BCUT2D eigenvalue weighted by atomic mass is 9.76. The third-order valence-electron chi connectivity index (χ3n) is 7.28. The highest BCUT2D eigenvalue weighted by Crippen LogP contribution is 2.39. The van der Waals surface area contributed by atoms with E-state index in [0.29, 0.717) is 12.2 Å². The van der Waals surface area contributed by atoms with Crippen LogP contribution in [0.2, 0.25) is 0 Å². The second-order valence-corrected chi connectivity index (χ2v) is 11.2. The molecular formula is C29H38ClF3N2O4. The zero-order chi connectivity index (χ0) is 29.8. The molecule has 2 amide bonds. The summed E-state index contributed by atoms with van der Waals surface area (Å²) in [5.41, 5.74) is -1.56. The summed E-state index contributed by atoms with van der Waals surface area (Å²) >= 11 is 4.73. The van der Waals surface area contributed by atoms with Gasteiger partial charge in [0, 0.05) is 17.3 Å². The molecule has 2 atom stereocenters. The molecular weight excluding hydrogens is 533 g/mol. The molecule has 0 heterocycles. The lowest BCUT2D eigenvalue weighted by Gasteiger charge is -2.31. The number of phenolic OH excluding ortho intramolecular Hbond substituents is 1. The minimum atomic E-state index is -4.50. The van der Waals surface area contributed by atoms with Gasteiger partial charge in [0.05, 0.1) is 5.69 Å². The number of hydrogen-bond donors (Lipinski definition) is 3. The van der Waals surface area contributed by atoms with Gasteiger partial charge < -0.3 is 20.5 Å². The van der Waals surface area contributed by atoms with Crippen molar-refractivity contribution >= 4 is 34.8 Å². The van der Waals surface area contributed by atoms with Crippen LogP contribution in [0.1, 0.15) is 78.9 Å². The average molecular weight is 571 g/mol. The number of carbonyl (C=O) groups excluding carboxylic acids is 2. The Balaban J connectivity index is 2.26. The lowest BCUT2D eigenvalue weighted by molar-refractivity contribution is -0.144. The summed E-state index contributed by atoms with van der Waals surface area (Å²) in [6, 6.07) is 9.52. The molecule has 0 radical (unpaired) electrons. The van der Waals surface area contributed by atoms with E-state index in [1.54, 1.807) is 12.2 Å². The molecule has 216 valence electrons. The second-order valence-electron chi connectivity index (χ2n) is 10.8. The molecule has 10 heteroatoms. The van der Waals surface area contributed by atoms with E-state index >= 15 is 0 Å². The Morgan fingerprint density at radius 1 is 0.974 bits per heavy atom. The van der Waals surface area contributed by atoms with Gasteiger partial charge in [-0.1, -0.05) is 72.2 Å². The zero-order valence-electron chi connectivity index (χ0n) is 23.4. The molecule has 0 aliphatic heterocycles. The minimum absolute atomic E-state index is 0.0281. The number of alkyl halides is 4. The van der Waals surface area contributed by atoms with Crippen LogP contribution in [0.25, 0.3) is 0 Å². The standard InChI is InChI=1S/C29H38ClF3N2O4/c1-8-22(39-23-14-11-17(27(4,5)9-2)15-19(23)28(6,7)10-3)24(37)34-18-12-13-20(21(36)16-18)35-26(38)29(32,33)25(30)31/h11-16,22,25,36H,8-10H2,1-7H3,(H,34,37)(H,35,38). The fourth-order valence-corrected chi connectivity index (χ4v) is 3.79. The summed E-state index contributed by atoms with van der Waals surface area (Å²) in [4.78, 5) is 24.7. The summed E-state index contributed by atoms with van der Waals surface area (Å²) in [6.45, 7) is 14.6. The molecule has 2 rings (SSSR count). The maximum absolute atomic E-state index is 13.5. The van der Waals surface area contributed by atoms with Gasteiger partial charge in [-0.15, -0.1) is 0 Å². The first kappa shape index (κ1) is 32.3. The highest BCUT2D eigenvalue weighted by molar-refractivity contribution is 6.22. The van der Waals surface area contributed by atoms with Crippen molar-refractivity contribution in [1.82, 2.24) is 0 Å². The van der Waals surface area contributed by atoms with Crippen molar-refractivity contribution in [3.63, 3.8) is 0 Å². The van der Waals surface area contributed by atoms with E-state index in [1.807, 2.05) is 12.1 Å². The SMILES string of the molecule is CCC(Oc1ccc(C(C)(C)CC)cc1C(C)(C)CC)C(=O)Nc1ccc(NC(=O)C(F)(F)C(F)Cl)c(O)c1. The van der Waals surface area contributed by atoms with Gasteiger partial charge in [-0.2, -0.15) is 8.78 Å². The van der Waals surface area contributed by atoms with Gasteiger partial charge in [0.1, 0.15) is 11.5 Å². The second kappa shape index (κ2) is 12.5. The van der Waals surface area contributed by atoms with Gasteiger partial charge >= 0.3 is 5.92 Å². The van der Waals surface area contributed by atoms with Crippen LogP contribution in [-0.4, -0.2) is 34.6 Å². The predicted molar refractivity (Wildman–Crippen MR) is 149 cm³/mol. The molecule has 0 bridgehead atoms. The van der Waals surface area contributed by atoms with Crippen LogP contribution in [0, 0.1) is 0 Å². The van der Waals surface area contributed by atoms with Crippen LogP contribution in [0.5, 0.6) is 11.5 Å². The number of benzene rings is 2. The maximum atomic E-state index is 13.5. The predicted octanol–water partition coefficient (Wildman–Crippen LogP) is 7.67.